The Kier molecular flexibility index (Phi) is 7.40. The fourth-order valence-corrected chi connectivity index (χ4v) is 4.06. The monoisotopic (exact) mass is 446 g/mol. The van der Waals surface area contributed by atoms with E-state index in [0.717, 1.165) is 49.2 Å². The number of para-hydroxylation sites is 1. The van der Waals surface area contributed by atoms with Gasteiger partial charge in [-0.05, 0) is 55.7 Å². The molecule has 1 aliphatic rings. The maximum absolute atomic E-state index is 13.1. The molecule has 0 bridgehead atoms. The molecular weight excluding hydrogens is 416 g/mol. The van der Waals surface area contributed by atoms with E-state index in [1.165, 1.54) is 0 Å². The zero-order valence-electron chi connectivity index (χ0n) is 19.0. The number of benzene rings is 2. The van der Waals surface area contributed by atoms with E-state index in [2.05, 4.69) is 5.32 Å². The predicted molar refractivity (Wildman–Crippen MR) is 128 cm³/mol. The van der Waals surface area contributed by atoms with Crippen molar-refractivity contribution < 1.29 is 14.3 Å². The van der Waals surface area contributed by atoms with Gasteiger partial charge in [-0.2, -0.15) is 5.10 Å². The van der Waals surface area contributed by atoms with Crippen LogP contribution in [0.3, 0.4) is 0 Å². The molecule has 1 aliphatic heterocycles. The topological polar surface area (TPSA) is 76.5 Å². The van der Waals surface area contributed by atoms with Crippen molar-refractivity contribution in [2.24, 2.45) is 0 Å². The number of nitrogens with zero attached hydrogens (tertiary/aromatic N) is 3. The van der Waals surface area contributed by atoms with Crippen LogP contribution < -0.4 is 10.1 Å². The van der Waals surface area contributed by atoms with Gasteiger partial charge in [-0.1, -0.05) is 24.6 Å². The Morgan fingerprint density at radius 3 is 2.61 bits per heavy atom. The molecule has 0 unspecified atom stereocenters. The minimum Gasteiger partial charge on any atom is -0.497 e. The molecule has 0 aliphatic carbocycles. The summed E-state index contributed by atoms with van der Waals surface area (Å²) in [5.74, 6) is 0.797. The number of carbonyl (C=O) groups is 2. The highest BCUT2D eigenvalue weighted by molar-refractivity contribution is 6.00. The van der Waals surface area contributed by atoms with Gasteiger partial charge in [0.2, 0.25) is 5.91 Å². The molecule has 2 aromatic carbocycles. The minimum atomic E-state index is -0.176. The van der Waals surface area contributed by atoms with Crippen LogP contribution in [0.5, 0.6) is 5.75 Å². The van der Waals surface area contributed by atoms with Gasteiger partial charge in [0.25, 0.3) is 5.91 Å². The fraction of sp³-hybridized carbons (Fsp3) is 0.346. The summed E-state index contributed by atoms with van der Waals surface area (Å²) in [7, 11) is 1.62. The molecule has 3 aromatic rings. The minimum absolute atomic E-state index is 0.176. The number of ether oxygens (including phenoxy) is 1. The predicted octanol–water partition coefficient (Wildman–Crippen LogP) is 4.07. The molecule has 7 heteroatoms. The first-order valence-corrected chi connectivity index (χ1v) is 11.5. The summed E-state index contributed by atoms with van der Waals surface area (Å²) in [6.45, 7) is 1.99. The van der Waals surface area contributed by atoms with Gasteiger partial charge in [-0.3, -0.25) is 9.59 Å². The van der Waals surface area contributed by atoms with Crippen LogP contribution in [0.25, 0.3) is 16.9 Å². The Labute approximate surface area is 194 Å². The van der Waals surface area contributed by atoms with E-state index in [4.69, 9.17) is 9.84 Å². The summed E-state index contributed by atoms with van der Waals surface area (Å²) >= 11 is 0. The van der Waals surface area contributed by atoms with Crippen molar-refractivity contribution in [1.82, 2.24) is 20.0 Å². The lowest BCUT2D eigenvalue weighted by Gasteiger charge is -2.20. The quantitative estimate of drug-likeness (QED) is 0.529. The summed E-state index contributed by atoms with van der Waals surface area (Å²) in [6, 6.07) is 17.2. The molecule has 0 atom stereocenters. The maximum atomic E-state index is 13.1. The zero-order chi connectivity index (χ0) is 23.0. The van der Waals surface area contributed by atoms with E-state index in [1.54, 1.807) is 18.0 Å². The molecule has 1 N–H and O–H groups in total. The molecule has 33 heavy (non-hydrogen) atoms. The third-order valence-corrected chi connectivity index (χ3v) is 5.90. The van der Waals surface area contributed by atoms with E-state index < -0.39 is 0 Å². The van der Waals surface area contributed by atoms with Gasteiger partial charge in [-0.25, -0.2) is 4.68 Å². The molecular formula is C26H30N4O3. The highest BCUT2D eigenvalue weighted by Gasteiger charge is 2.19. The first-order chi connectivity index (χ1) is 16.2. The molecule has 2 amide bonds. The number of likely N-dealkylation sites (tertiary alicyclic amines) is 1. The second-order valence-electron chi connectivity index (χ2n) is 8.20. The average Bonchev–Trinajstić information content (AvgIpc) is 3.21. The van der Waals surface area contributed by atoms with Crippen LogP contribution >= 0.6 is 0 Å². The van der Waals surface area contributed by atoms with Crippen LogP contribution in [0.1, 0.15) is 42.5 Å². The lowest BCUT2D eigenvalue weighted by Crippen LogP contribution is -2.34. The normalized spacial score (nSPS) is 14.1. The van der Waals surface area contributed by atoms with Crippen LogP contribution in [0, 0.1) is 0 Å². The van der Waals surface area contributed by atoms with E-state index in [0.29, 0.717) is 30.8 Å². The number of hydrogen-bond donors (Lipinski definition) is 1. The van der Waals surface area contributed by atoms with Crippen LogP contribution in [0.2, 0.25) is 0 Å². The molecule has 0 spiro atoms. The molecule has 4 rings (SSSR count). The third-order valence-electron chi connectivity index (χ3n) is 5.90. The molecule has 1 aromatic heterocycles. The van der Waals surface area contributed by atoms with Gasteiger partial charge in [-0.15, -0.1) is 0 Å². The standard InChI is InChI=1S/C26H30N4O3/c1-33-22-14-12-20(13-15-22)25-23(19-30(28-25)21-9-4-2-5-10-21)26(32)27-16-8-18-29-17-7-3-6-11-24(29)31/h2,4-5,9-10,12-15,19H,3,6-8,11,16-18H2,1H3,(H,27,32). The Morgan fingerprint density at radius 2 is 1.85 bits per heavy atom. The highest BCUT2D eigenvalue weighted by Crippen LogP contribution is 2.26. The fourth-order valence-electron chi connectivity index (χ4n) is 4.06. The Hall–Kier alpha value is -3.61. The zero-order valence-corrected chi connectivity index (χ0v) is 19.0. The summed E-state index contributed by atoms with van der Waals surface area (Å²) in [5, 5.41) is 7.72. The number of aromatic nitrogens is 2. The number of rotatable bonds is 8. The number of methoxy groups -OCH3 is 1. The van der Waals surface area contributed by atoms with Gasteiger partial charge >= 0.3 is 0 Å². The van der Waals surface area contributed by atoms with E-state index in [1.807, 2.05) is 59.5 Å². The molecule has 172 valence electrons. The number of carbonyl (C=O) groups excluding carboxylic acids is 2. The van der Waals surface area contributed by atoms with E-state index in [9.17, 15) is 9.59 Å². The number of hydrogen-bond acceptors (Lipinski definition) is 4. The maximum Gasteiger partial charge on any atom is 0.255 e. The van der Waals surface area contributed by atoms with Gasteiger partial charge in [0.05, 0.1) is 18.4 Å². The summed E-state index contributed by atoms with van der Waals surface area (Å²) in [4.78, 5) is 27.2. The van der Waals surface area contributed by atoms with Gasteiger partial charge in [0.15, 0.2) is 0 Å². The van der Waals surface area contributed by atoms with Crippen LogP contribution in [-0.2, 0) is 4.79 Å². The Balaban J connectivity index is 1.48. The van der Waals surface area contributed by atoms with E-state index >= 15 is 0 Å². The average molecular weight is 447 g/mol. The molecule has 1 saturated heterocycles. The Bertz CT molecular complexity index is 1080. The van der Waals surface area contributed by atoms with Crippen molar-refractivity contribution >= 4 is 11.8 Å². The second-order valence-corrected chi connectivity index (χ2v) is 8.20. The molecule has 2 heterocycles. The number of nitrogens with one attached hydrogen (secondary N) is 1. The van der Waals surface area contributed by atoms with Gasteiger partial charge in [0.1, 0.15) is 11.4 Å². The van der Waals surface area contributed by atoms with Crippen LogP contribution in [0.15, 0.2) is 60.8 Å². The van der Waals surface area contributed by atoms with Crippen molar-refractivity contribution in [1.29, 1.82) is 0 Å². The number of amides is 2. The molecule has 7 nitrogen and oxygen atoms in total. The Morgan fingerprint density at radius 1 is 1.06 bits per heavy atom. The van der Waals surface area contributed by atoms with E-state index in [-0.39, 0.29) is 11.8 Å². The second kappa shape index (κ2) is 10.8. The van der Waals surface area contributed by atoms with Crippen molar-refractivity contribution in [2.45, 2.75) is 32.1 Å². The van der Waals surface area contributed by atoms with Crippen LogP contribution in [0.4, 0.5) is 0 Å². The largest absolute Gasteiger partial charge is 0.497 e. The molecule has 0 radical (unpaired) electrons. The highest BCUT2D eigenvalue weighted by atomic mass is 16.5. The molecule has 1 fully saturated rings. The van der Waals surface area contributed by atoms with Crippen molar-refractivity contribution in [3.63, 3.8) is 0 Å². The summed E-state index contributed by atoms with van der Waals surface area (Å²) < 4.78 is 6.98. The van der Waals surface area contributed by atoms with Crippen molar-refractivity contribution in [2.75, 3.05) is 26.7 Å². The smallest absolute Gasteiger partial charge is 0.255 e. The van der Waals surface area contributed by atoms with Crippen molar-refractivity contribution in [3.05, 3.63) is 66.4 Å². The first kappa shape index (κ1) is 22.6. The van der Waals surface area contributed by atoms with Gasteiger partial charge in [0, 0.05) is 37.8 Å². The van der Waals surface area contributed by atoms with Gasteiger partial charge < -0.3 is 15.0 Å². The summed E-state index contributed by atoms with van der Waals surface area (Å²) in [6.07, 6.45) is 6.27. The lowest BCUT2D eigenvalue weighted by molar-refractivity contribution is -0.130. The van der Waals surface area contributed by atoms with Crippen molar-refractivity contribution in [3.8, 4) is 22.7 Å². The summed E-state index contributed by atoms with van der Waals surface area (Å²) in [5.41, 5.74) is 2.84. The van der Waals surface area contributed by atoms with Crippen LogP contribution in [-0.4, -0.2) is 53.2 Å². The third kappa shape index (κ3) is 5.61. The lowest BCUT2D eigenvalue weighted by atomic mass is 10.1. The molecule has 0 saturated carbocycles. The SMILES string of the molecule is COc1ccc(-c2nn(-c3ccccc3)cc2C(=O)NCCCN2CCCCCC2=O)cc1. The first-order valence-electron chi connectivity index (χ1n) is 11.5.